The van der Waals surface area contributed by atoms with Crippen molar-refractivity contribution in [2.24, 2.45) is 12.8 Å². The molecule has 0 unspecified atom stereocenters. The van der Waals surface area contributed by atoms with E-state index in [1.807, 2.05) is 26.1 Å². The lowest BCUT2D eigenvalue weighted by molar-refractivity contribution is -0.137. The summed E-state index contributed by atoms with van der Waals surface area (Å²) < 4.78 is 47.8. The predicted octanol–water partition coefficient (Wildman–Crippen LogP) is 4.19. The maximum Gasteiger partial charge on any atom is 0.417 e. The molecule has 0 radical (unpaired) electrons. The number of aryl methyl sites for hydroxylation is 2. The molecule has 1 saturated heterocycles. The number of ether oxygens (including phenoxy) is 1. The quantitative estimate of drug-likeness (QED) is 0.377. The zero-order valence-electron chi connectivity index (χ0n) is 20.2. The second-order valence-corrected chi connectivity index (χ2v) is 8.64. The first kappa shape index (κ1) is 26.1. The Morgan fingerprint density at radius 1 is 1.16 bits per heavy atom. The lowest BCUT2D eigenvalue weighted by Crippen LogP contribution is -2.18. The van der Waals surface area contributed by atoms with E-state index in [0.29, 0.717) is 11.5 Å². The van der Waals surface area contributed by atoms with Crippen LogP contribution >= 0.6 is 0 Å². The van der Waals surface area contributed by atoms with E-state index in [1.54, 1.807) is 16.8 Å². The van der Waals surface area contributed by atoms with Gasteiger partial charge in [0, 0.05) is 42.9 Å². The highest BCUT2D eigenvalue weighted by atomic mass is 19.4. The van der Waals surface area contributed by atoms with Crippen molar-refractivity contribution in [1.29, 1.82) is 0 Å². The summed E-state index contributed by atoms with van der Waals surface area (Å²) in [6.07, 6.45) is -2.43. The van der Waals surface area contributed by atoms with Crippen molar-refractivity contribution in [3.63, 3.8) is 0 Å². The summed E-state index contributed by atoms with van der Waals surface area (Å²) in [5, 5.41) is 17.1. The fourth-order valence-electron chi connectivity index (χ4n) is 4.04. The molecule has 2 aromatic carbocycles. The number of benzene rings is 2. The highest BCUT2D eigenvalue weighted by molar-refractivity contribution is 5.95. The van der Waals surface area contributed by atoms with E-state index in [1.165, 1.54) is 18.3 Å². The number of carbonyl (C=O) groups is 1. The van der Waals surface area contributed by atoms with E-state index < -0.39 is 23.2 Å². The van der Waals surface area contributed by atoms with E-state index in [-0.39, 0.29) is 17.4 Å². The first-order chi connectivity index (χ1) is 17.5. The second kappa shape index (κ2) is 10.6. The fourth-order valence-corrected chi connectivity index (χ4v) is 4.04. The number of amides is 1. The molecule has 5 rings (SSSR count). The molecule has 37 heavy (non-hydrogen) atoms. The normalized spacial score (nSPS) is 15.4. The summed E-state index contributed by atoms with van der Waals surface area (Å²) in [5.41, 5.74) is 5.61. The summed E-state index contributed by atoms with van der Waals surface area (Å²) in [6.45, 7) is 3.69. The monoisotopic (exact) mass is 513 g/mol. The molecule has 1 amide bonds. The van der Waals surface area contributed by atoms with Gasteiger partial charge in [-0.25, -0.2) is 0 Å². The Hall–Kier alpha value is -3.96. The molecular weight excluding hydrogens is 487 g/mol. The van der Waals surface area contributed by atoms with Gasteiger partial charge in [0.15, 0.2) is 0 Å². The van der Waals surface area contributed by atoms with Gasteiger partial charge < -0.3 is 20.9 Å². The van der Waals surface area contributed by atoms with Crippen LogP contribution in [0.2, 0.25) is 0 Å². The Kier molecular flexibility index (Phi) is 7.46. The number of nitrogens with zero attached hydrogens (tertiary/aromatic N) is 3. The standard InChI is InChI=1S/C22H17F3N4O2.C4H9NO/c1-12-16-6-4-14(11-20(16)29(2)28-12)31-15-7-8-27-19(10-15)13-3-5-17(21(26)30)18(9-13)22(23,24)25;6-4-1-2-5-3-4/h3-11H,1-2H3,(H2,26,30);4-6H,1-3H2/t;4-/m.0/s1. The van der Waals surface area contributed by atoms with Gasteiger partial charge in [0.2, 0.25) is 5.91 Å². The number of nitrogens with two attached hydrogens (primary N) is 1. The molecule has 8 nitrogen and oxygen atoms in total. The number of primary amides is 1. The molecule has 0 bridgehead atoms. The van der Waals surface area contributed by atoms with E-state index >= 15 is 0 Å². The molecule has 2 aromatic heterocycles. The number of rotatable bonds is 4. The molecule has 4 aromatic rings. The molecule has 194 valence electrons. The van der Waals surface area contributed by atoms with Crippen LogP contribution in [0.15, 0.2) is 54.7 Å². The van der Waals surface area contributed by atoms with Gasteiger partial charge in [0.05, 0.1) is 34.1 Å². The maximum absolute atomic E-state index is 13.4. The van der Waals surface area contributed by atoms with Crippen molar-refractivity contribution in [3.8, 4) is 22.8 Å². The molecule has 1 aliphatic heterocycles. The number of aliphatic hydroxyl groups excluding tert-OH is 1. The molecule has 1 aliphatic rings. The van der Waals surface area contributed by atoms with Crippen LogP contribution in [0.1, 0.15) is 28.0 Å². The van der Waals surface area contributed by atoms with Crippen LogP contribution in [-0.2, 0) is 13.2 Å². The third kappa shape index (κ3) is 6.07. The average molecular weight is 514 g/mol. The molecule has 0 saturated carbocycles. The number of halogens is 3. The number of hydrogen-bond acceptors (Lipinski definition) is 6. The number of aliphatic hydroxyl groups is 1. The van der Waals surface area contributed by atoms with Crippen LogP contribution in [-0.4, -0.2) is 45.0 Å². The lowest BCUT2D eigenvalue weighted by atomic mass is 10.0. The van der Waals surface area contributed by atoms with Crippen LogP contribution in [0.4, 0.5) is 13.2 Å². The number of nitrogens with one attached hydrogen (secondary N) is 1. The van der Waals surface area contributed by atoms with Crippen molar-refractivity contribution >= 4 is 16.8 Å². The first-order valence-electron chi connectivity index (χ1n) is 11.5. The molecule has 0 spiro atoms. The predicted molar refractivity (Wildman–Crippen MR) is 132 cm³/mol. The number of aromatic nitrogens is 3. The van der Waals surface area contributed by atoms with Gasteiger partial charge in [0.25, 0.3) is 0 Å². The van der Waals surface area contributed by atoms with E-state index in [9.17, 15) is 18.0 Å². The van der Waals surface area contributed by atoms with Crippen molar-refractivity contribution in [2.75, 3.05) is 13.1 Å². The van der Waals surface area contributed by atoms with Crippen molar-refractivity contribution < 1.29 is 27.8 Å². The van der Waals surface area contributed by atoms with E-state index in [4.69, 9.17) is 15.6 Å². The molecule has 11 heteroatoms. The van der Waals surface area contributed by atoms with Crippen LogP contribution < -0.4 is 15.8 Å². The molecule has 4 N–H and O–H groups in total. The zero-order chi connectivity index (χ0) is 26.7. The Bertz CT molecular complexity index is 1430. The van der Waals surface area contributed by atoms with Gasteiger partial charge in [-0.05, 0) is 50.2 Å². The largest absolute Gasteiger partial charge is 0.457 e. The van der Waals surface area contributed by atoms with Gasteiger partial charge in [-0.2, -0.15) is 18.3 Å². The molecular formula is C26H26F3N5O3. The minimum atomic E-state index is -4.73. The molecule has 1 atom stereocenters. The van der Waals surface area contributed by atoms with Crippen LogP contribution in [0.25, 0.3) is 22.2 Å². The summed E-state index contributed by atoms with van der Waals surface area (Å²) >= 11 is 0. The maximum atomic E-state index is 13.4. The highest BCUT2D eigenvalue weighted by Crippen LogP contribution is 2.35. The highest BCUT2D eigenvalue weighted by Gasteiger charge is 2.35. The molecule has 0 aliphatic carbocycles. The Morgan fingerprint density at radius 2 is 1.92 bits per heavy atom. The smallest absolute Gasteiger partial charge is 0.417 e. The summed E-state index contributed by atoms with van der Waals surface area (Å²) in [5.74, 6) is -0.201. The first-order valence-corrected chi connectivity index (χ1v) is 11.5. The Balaban J connectivity index is 0.000000469. The molecule has 3 heterocycles. The number of β-amino-alcohol motifs (C(OH)–C–C–N with tert-alkyl or cyclic N) is 1. The number of pyridine rings is 1. The second-order valence-electron chi connectivity index (χ2n) is 8.64. The zero-order valence-corrected chi connectivity index (χ0v) is 20.2. The van der Waals surface area contributed by atoms with Crippen molar-refractivity contribution in [1.82, 2.24) is 20.1 Å². The van der Waals surface area contributed by atoms with Gasteiger partial charge in [-0.1, -0.05) is 6.07 Å². The number of carbonyl (C=O) groups excluding carboxylic acids is 1. The van der Waals surface area contributed by atoms with Gasteiger partial charge >= 0.3 is 6.18 Å². The number of alkyl halides is 3. The summed E-state index contributed by atoms with van der Waals surface area (Å²) in [4.78, 5) is 15.5. The molecule has 1 fully saturated rings. The summed E-state index contributed by atoms with van der Waals surface area (Å²) in [7, 11) is 1.83. The van der Waals surface area contributed by atoms with Gasteiger partial charge in [-0.15, -0.1) is 0 Å². The minimum Gasteiger partial charge on any atom is -0.457 e. The van der Waals surface area contributed by atoms with E-state index in [0.717, 1.165) is 48.2 Å². The van der Waals surface area contributed by atoms with E-state index in [2.05, 4.69) is 15.4 Å². The third-order valence-electron chi connectivity index (χ3n) is 5.90. The number of hydrogen-bond donors (Lipinski definition) is 3. The van der Waals surface area contributed by atoms with Gasteiger partial charge in [0.1, 0.15) is 11.5 Å². The average Bonchev–Trinajstić information content (AvgIpc) is 3.44. The third-order valence-corrected chi connectivity index (χ3v) is 5.90. The van der Waals surface area contributed by atoms with Crippen LogP contribution in [0, 0.1) is 6.92 Å². The van der Waals surface area contributed by atoms with Crippen molar-refractivity contribution in [2.45, 2.75) is 25.6 Å². The number of fused-ring (bicyclic) bond motifs is 1. The van der Waals surface area contributed by atoms with Crippen LogP contribution in [0.3, 0.4) is 0 Å². The van der Waals surface area contributed by atoms with Crippen LogP contribution in [0.5, 0.6) is 11.5 Å². The fraction of sp³-hybridized carbons (Fsp3) is 0.269. The topological polar surface area (TPSA) is 115 Å². The van der Waals surface area contributed by atoms with Crippen molar-refractivity contribution in [3.05, 3.63) is 71.5 Å². The van der Waals surface area contributed by atoms with Gasteiger partial charge in [-0.3, -0.25) is 14.5 Å². The SMILES string of the molecule is Cc1nn(C)c2cc(Oc3ccnc(-c4ccc(C(N)=O)c(C(F)(F)F)c4)c3)ccc12.O[C@H]1CCNC1. The summed E-state index contributed by atoms with van der Waals surface area (Å²) in [6, 6.07) is 11.9. The lowest BCUT2D eigenvalue weighted by Gasteiger charge is -2.13. The Morgan fingerprint density at radius 3 is 2.54 bits per heavy atom. The Labute approximate surface area is 210 Å². The minimum absolute atomic E-state index is 0.0648.